The average molecular weight is 411 g/mol. The van der Waals surface area contributed by atoms with Gasteiger partial charge in [-0.2, -0.15) is 0 Å². The number of nitrogens with one attached hydrogen (secondary N) is 1. The van der Waals surface area contributed by atoms with Crippen molar-refractivity contribution in [3.63, 3.8) is 0 Å². The van der Waals surface area contributed by atoms with Crippen molar-refractivity contribution >= 4 is 40.5 Å². The summed E-state index contributed by atoms with van der Waals surface area (Å²) >= 11 is 1.28. The molecule has 1 aliphatic heterocycles. The zero-order chi connectivity index (χ0) is 20.8. The van der Waals surface area contributed by atoms with Gasteiger partial charge in [0.05, 0.1) is 12.0 Å². The van der Waals surface area contributed by atoms with Gasteiger partial charge in [0.25, 0.3) is 11.8 Å². The van der Waals surface area contributed by atoms with Gasteiger partial charge >= 0.3 is 0 Å². The Labute approximate surface area is 173 Å². The van der Waals surface area contributed by atoms with E-state index in [2.05, 4.69) is 10.3 Å². The van der Waals surface area contributed by atoms with Crippen LogP contribution in [0.2, 0.25) is 0 Å². The van der Waals surface area contributed by atoms with Crippen molar-refractivity contribution in [1.82, 2.24) is 4.90 Å². The Bertz CT molecular complexity index is 973. The van der Waals surface area contributed by atoms with Crippen molar-refractivity contribution < 1.29 is 19.1 Å². The number of ether oxygens (including phenoxy) is 2. The first-order valence-electron chi connectivity index (χ1n) is 8.82. The summed E-state index contributed by atoms with van der Waals surface area (Å²) in [6, 6.07) is 14.5. The molecule has 2 aromatic rings. The number of hydrogen-bond donors (Lipinski definition) is 1. The van der Waals surface area contributed by atoms with E-state index < -0.39 is 0 Å². The monoisotopic (exact) mass is 411 g/mol. The number of carbonyl (C=O) groups excluding carboxylic acids is 2. The summed E-state index contributed by atoms with van der Waals surface area (Å²) in [5, 5.41) is 3.39. The van der Waals surface area contributed by atoms with E-state index >= 15 is 0 Å². The Balaban J connectivity index is 1.81. The third kappa shape index (κ3) is 4.78. The molecule has 2 amide bonds. The van der Waals surface area contributed by atoms with Crippen molar-refractivity contribution in [1.29, 1.82) is 0 Å². The molecule has 150 valence electrons. The number of carbonyl (C=O) groups is 2. The lowest BCUT2D eigenvalue weighted by atomic mass is 10.1. The number of likely N-dealkylation sites (N-methyl/N-ethyl adjacent to an activating group) is 1. The highest BCUT2D eigenvalue weighted by atomic mass is 32.2. The van der Waals surface area contributed by atoms with Gasteiger partial charge in [0.2, 0.25) is 0 Å². The zero-order valence-corrected chi connectivity index (χ0v) is 17.2. The van der Waals surface area contributed by atoms with Crippen LogP contribution in [-0.4, -0.2) is 49.7 Å². The van der Waals surface area contributed by atoms with Crippen molar-refractivity contribution in [2.24, 2.45) is 4.99 Å². The smallest absolute Gasteiger partial charge is 0.266 e. The molecule has 0 unspecified atom stereocenters. The second-order valence-electron chi connectivity index (χ2n) is 6.06. The summed E-state index contributed by atoms with van der Waals surface area (Å²) in [7, 11) is 4.84. The molecule has 1 N–H and O–H groups in total. The van der Waals surface area contributed by atoms with Crippen LogP contribution in [0.25, 0.3) is 6.08 Å². The van der Waals surface area contributed by atoms with E-state index in [1.807, 2.05) is 18.2 Å². The van der Waals surface area contributed by atoms with Crippen LogP contribution in [-0.2, 0) is 9.59 Å². The highest BCUT2D eigenvalue weighted by Gasteiger charge is 2.30. The molecule has 8 heteroatoms. The summed E-state index contributed by atoms with van der Waals surface area (Å²) in [4.78, 5) is 30.8. The normalized spacial score (nSPS) is 16.4. The molecule has 1 saturated heterocycles. The highest BCUT2D eigenvalue weighted by molar-refractivity contribution is 8.18. The highest BCUT2D eigenvalue weighted by Crippen LogP contribution is 2.37. The van der Waals surface area contributed by atoms with Crippen molar-refractivity contribution in [2.75, 3.05) is 33.1 Å². The number of amidine groups is 1. The van der Waals surface area contributed by atoms with Crippen LogP contribution in [0.4, 0.5) is 5.69 Å². The van der Waals surface area contributed by atoms with Crippen LogP contribution in [0, 0.1) is 0 Å². The Morgan fingerprint density at radius 3 is 2.62 bits per heavy atom. The van der Waals surface area contributed by atoms with Crippen LogP contribution in [0.15, 0.2) is 58.4 Å². The van der Waals surface area contributed by atoms with Crippen LogP contribution in [0.1, 0.15) is 5.56 Å². The lowest BCUT2D eigenvalue weighted by Gasteiger charge is -2.13. The number of amides is 2. The third-order valence-electron chi connectivity index (χ3n) is 4.12. The number of para-hydroxylation sites is 2. The Morgan fingerprint density at radius 1 is 1.21 bits per heavy atom. The molecule has 0 radical (unpaired) electrons. The molecule has 0 aliphatic carbocycles. The fraction of sp³-hybridized carbons (Fsp3) is 0.190. The van der Waals surface area contributed by atoms with E-state index in [0.717, 1.165) is 0 Å². The second-order valence-corrected chi connectivity index (χ2v) is 7.07. The second kappa shape index (κ2) is 9.29. The predicted molar refractivity (Wildman–Crippen MR) is 115 cm³/mol. The van der Waals surface area contributed by atoms with Crippen LogP contribution >= 0.6 is 11.8 Å². The average Bonchev–Trinajstić information content (AvgIpc) is 3.01. The van der Waals surface area contributed by atoms with E-state index in [-0.39, 0.29) is 18.4 Å². The van der Waals surface area contributed by atoms with Gasteiger partial charge in [0.1, 0.15) is 0 Å². The maximum Gasteiger partial charge on any atom is 0.266 e. The first kappa shape index (κ1) is 20.5. The minimum atomic E-state index is -0.299. The summed E-state index contributed by atoms with van der Waals surface area (Å²) < 4.78 is 11.2. The number of rotatable bonds is 6. The van der Waals surface area contributed by atoms with Gasteiger partial charge in [-0.1, -0.05) is 30.3 Å². The zero-order valence-electron chi connectivity index (χ0n) is 16.3. The quantitative estimate of drug-likeness (QED) is 0.738. The third-order valence-corrected chi connectivity index (χ3v) is 5.27. The molecule has 0 saturated carbocycles. The predicted octanol–water partition coefficient (Wildman–Crippen LogP) is 3.24. The van der Waals surface area contributed by atoms with E-state index in [1.54, 1.807) is 50.5 Å². The summed E-state index contributed by atoms with van der Waals surface area (Å²) in [6.07, 6.45) is 1.72. The number of methoxy groups -OCH3 is 1. The molecular weight excluding hydrogens is 390 g/mol. The molecule has 0 aromatic heterocycles. The van der Waals surface area contributed by atoms with Gasteiger partial charge in [-0.05, 0) is 36.0 Å². The van der Waals surface area contributed by atoms with Gasteiger partial charge in [0.15, 0.2) is 23.3 Å². The van der Waals surface area contributed by atoms with E-state index in [9.17, 15) is 9.59 Å². The number of anilines is 1. The molecule has 29 heavy (non-hydrogen) atoms. The van der Waals surface area contributed by atoms with Gasteiger partial charge in [-0.3, -0.25) is 19.5 Å². The summed E-state index contributed by atoms with van der Waals surface area (Å²) in [5.41, 5.74) is 1.32. The molecule has 0 spiro atoms. The fourth-order valence-corrected chi connectivity index (χ4v) is 3.63. The van der Waals surface area contributed by atoms with E-state index in [0.29, 0.717) is 32.8 Å². The molecule has 1 fully saturated rings. The van der Waals surface area contributed by atoms with Crippen molar-refractivity contribution in [2.45, 2.75) is 0 Å². The largest absolute Gasteiger partial charge is 0.493 e. The Kier molecular flexibility index (Phi) is 6.56. The molecule has 0 atom stereocenters. The van der Waals surface area contributed by atoms with Gasteiger partial charge < -0.3 is 14.8 Å². The number of aliphatic imine (C=N–C) groups is 1. The van der Waals surface area contributed by atoms with Gasteiger partial charge in [0, 0.05) is 25.3 Å². The van der Waals surface area contributed by atoms with E-state index in [4.69, 9.17) is 9.47 Å². The first-order chi connectivity index (χ1) is 14.0. The maximum absolute atomic E-state index is 12.4. The molecule has 2 aromatic carbocycles. The fourth-order valence-electron chi connectivity index (χ4n) is 2.71. The summed E-state index contributed by atoms with van der Waals surface area (Å²) in [6.45, 7) is -0.200. The molecule has 1 aliphatic rings. The van der Waals surface area contributed by atoms with Gasteiger partial charge in [-0.15, -0.1) is 0 Å². The standard InChI is InChI=1S/C21H21N3O4S/c1-22-21-24(2)20(26)17(29-21)12-14-8-7-11-16(27-3)19(14)28-13-18(25)23-15-9-5-4-6-10-15/h4-12H,13H2,1-3H3,(H,23,25)/b17-12-,22-21?. The molecule has 1 heterocycles. The lowest BCUT2D eigenvalue weighted by molar-refractivity contribution is -0.121. The number of benzene rings is 2. The molecule has 0 bridgehead atoms. The van der Waals surface area contributed by atoms with Crippen LogP contribution in [0.5, 0.6) is 11.5 Å². The number of thioether (sulfide) groups is 1. The molecule has 7 nitrogen and oxygen atoms in total. The minimum Gasteiger partial charge on any atom is -0.493 e. The topological polar surface area (TPSA) is 80.2 Å². The van der Waals surface area contributed by atoms with Crippen LogP contribution in [0.3, 0.4) is 0 Å². The van der Waals surface area contributed by atoms with Gasteiger partial charge in [-0.25, -0.2) is 0 Å². The lowest BCUT2D eigenvalue weighted by Crippen LogP contribution is -2.23. The molecular formula is C21H21N3O4S. The number of hydrogen-bond acceptors (Lipinski definition) is 6. The summed E-state index contributed by atoms with van der Waals surface area (Å²) in [5.74, 6) is 0.419. The SMILES string of the molecule is CN=C1S/C(=C\c2cccc(OC)c2OCC(=O)Nc2ccccc2)C(=O)N1C. The Hall–Kier alpha value is -3.26. The number of nitrogens with zero attached hydrogens (tertiary/aromatic N) is 2. The van der Waals surface area contributed by atoms with Crippen molar-refractivity contribution in [3.05, 3.63) is 59.0 Å². The van der Waals surface area contributed by atoms with Crippen molar-refractivity contribution in [3.8, 4) is 11.5 Å². The van der Waals surface area contributed by atoms with Crippen LogP contribution < -0.4 is 14.8 Å². The maximum atomic E-state index is 12.4. The van der Waals surface area contributed by atoms with E-state index in [1.165, 1.54) is 23.8 Å². The molecule has 3 rings (SSSR count). The Morgan fingerprint density at radius 2 is 1.97 bits per heavy atom. The first-order valence-corrected chi connectivity index (χ1v) is 9.64. The minimum absolute atomic E-state index is 0.147.